The summed E-state index contributed by atoms with van der Waals surface area (Å²) < 4.78 is 5.90. The largest absolute Gasteiger partial charge is 0.375 e. The van der Waals surface area contributed by atoms with Crippen molar-refractivity contribution in [2.75, 3.05) is 39.3 Å². The number of ether oxygens (including phenoxy) is 1. The number of aromatic nitrogens is 1. The molecule has 1 unspecified atom stereocenters. The van der Waals surface area contributed by atoms with Crippen LogP contribution < -0.4 is 5.56 Å². The first-order chi connectivity index (χ1) is 11.1. The summed E-state index contributed by atoms with van der Waals surface area (Å²) in [5, 5.41) is 0.0375. The highest BCUT2D eigenvalue weighted by Crippen LogP contribution is 2.15. The van der Waals surface area contributed by atoms with Crippen LogP contribution in [-0.4, -0.2) is 66.1 Å². The van der Waals surface area contributed by atoms with Crippen molar-refractivity contribution in [2.45, 2.75) is 25.4 Å². The van der Waals surface area contributed by atoms with Crippen LogP contribution in [0.3, 0.4) is 0 Å². The van der Waals surface area contributed by atoms with Crippen molar-refractivity contribution in [3.63, 3.8) is 0 Å². The highest BCUT2D eigenvalue weighted by Gasteiger charge is 2.26. The summed E-state index contributed by atoms with van der Waals surface area (Å²) in [5.74, 6) is -0.111. The molecule has 2 saturated heterocycles. The predicted molar refractivity (Wildman–Crippen MR) is 88.0 cm³/mol. The monoisotopic (exact) mass is 339 g/mol. The number of aromatic amines is 1. The molecule has 0 radical (unpaired) electrons. The zero-order chi connectivity index (χ0) is 16.2. The first kappa shape index (κ1) is 16.5. The summed E-state index contributed by atoms with van der Waals surface area (Å²) in [4.78, 5) is 30.7. The van der Waals surface area contributed by atoms with Crippen molar-refractivity contribution in [3.8, 4) is 0 Å². The average Bonchev–Trinajstić information content (AvgIpc) is 2.94. The number of halogens is 1. The lowest BCUT2D eigenvalue weighted by Gasteiger charge is -2.27. The van der Waals surface area contributed by atoms with Crippen LogP contribution >= 0.6 is 11.6 Å². The van der Waals surface area contributed by atoms with Crippen LogP contribution in [0.2, 0.25) is 5.02 Å². The molecule has 2 aliphatic heterocycles. The molecular formula is C16H22ClN3O3. The van der Waals surface area contributed by atoms with E-state index in [1.54, 1.807) is 4.90 Å². The van der Waals surface area contributed by atoms with Crippen LogP contribution in [0.5, 0.6) is 0 Å². The van der Waals surface area contributed by atoms with Gasteiger partial charge in [-0.25, -0.2) is 0 Å². The van der Waals surface area contributed by atoms with Gasteiger partial charge >= 0.3 is 0 Å². The van der Waals surface area contributed by atoms with Gasteiger partial charge in [0, 0.05) is 32.4 Å². The van der Waals surface area contributed by atoms with E-state index < -0.39 is 0 Å². The van der Waals surface area contributed by atoms with Crippen LogP contribution in [0.1, 0.15) is 29.6 Å². The van der Waals surface area contributed by atoms with E-state index in [0.717, 1.165) is 26.1 Å². The Morgan fingerprint density at radius 3 is 2.83 bits per heavy atom. The van der Waals surface area contributed by atoms with E-state index in [-0.39, 0.29) is 22.6 Å². The Morgan fingerprint density at radius 1 is 1.30 bits per heavy atom. The van der Waals surface area contributed by atoms with E-state index in [2.05, 4.69) is 9.88 Å². The number of H-pyrrole nitrogens is 1. The van der Waals surface area contributed by atoms with Gasteiger partial charge < -0.3 is 19.5 Å². The van der Waals surface area contributed by atoms with Crippen molar-refractivity contribution >= 4 is 17.5 Å². The minimum atomic E-state index is -0.380. The number of hydrogen-bond acceptors (Lipinski definition) is 4. The molecule has 1 aromatic rings. The number of hydrogen-bond donors (Lipinski definition) is 1. The van der Waals surface area contributed by atoms with Gasteiger partial charge in [0.15, 0.2) is 0 Å². The highest BCUT2D eigenvalue weighted by molar-refractivity contribution is 6.30. The average molecular weight is 340 g/mol. The third-order valence-corrected chi connectivity index (χ3v) is 4.68. The number of amides is 1. The van der Waals surface area contributed by atoms with Crippen LogP contribution in [0.15, 0.2) is 17.1 Å². The molecular weight excluding hydrogens is 318 g/mol. The van der Waals surface area contributed by atoms with Crippen molar-refractivity contribution in [1.29, 1.82) is 0 Å². The van der Waals surface area contributed by atoms with Crippen molar-refractivity contribution < 1.29 is 9.53 Å². The van der Waals surface area contributed by atoms with E-state index in [1.165, 1.54) is 25.1 Å². The topological polar surface area (TPSA) is 65.6 Å². The first-order valence-electron chi connectivity index (χ1n) is 8.15. The lowest BCUT2D eigenvalue weighted by atomic mass is 10.2. The van der Waals surface area contributed by atoms with Crippen molar-refractivity contribution in [2.24, 2.45) is 0 Å². The number of likely N-dealkylation sites (tertiary alicyclic amines) is 1. The molecule has 2 fully saturated rings. The second kappa shape index (κ2) is 7.47. The first-order valence-corrected chi connectivity index (χ1v) is 8.53. The van der Waals surface area contributed by atoms with Crippen molar-refractivity contribution in [1.82, 2.24) is 14.8 Å². The molecule has 7 heteroatoms. The zero-order valence-corrected chi connectivity index (χ0v) is 13.8. The summed E-state index contributed by atoms with van der Waals surface area (Å²) in [6, 6.07) is 1.43. The maximum atomic E-state index is 12.7. The number of nitrogens with one attached hydrogen (secondary N) is 1. The second-order valence-corrected chi connectivity index (χ2v) is 6.58. The number of nitrogens with zero attached hydrogens (tertiary/aromatic N) is 2. The minimum Gasteiger partial charge on any atom is -0.375 e. The molecule has 0 aliphatic carbocycles. The molecule has 1 atom stereocenters. The van der Waals surface area contributed by atoms with Gasteiger partial charge in [-0.1, -0.05) is 11.6 Å². The van der Waals surface area contributed by atoms with Gasteiger partial charge in [0.05, 0.1) is 11.7 Å². The van der Waals surface area contributed by atoms with Crippen molar-refractivity contribution in [3.05, 3.63) is 33.2 Å². The molecule has 1 N–H and O–H groups in total. The van der Waals surface area contributed by atoms with Gasteiger partial charge in [0.1, 0.15) is 5.02 Å². The Bertz CT molecular complexity index is 613. The number of carbonyl (C=O) groups is 1. The highest BCUT2D eigenvalue weighted by atomic mass is 35.5. The smallest absolute Gasteiger partial charge is 0.266 e. The predicted octanol–water partition coefficient (Wildman–Crippen LogP) is 1.36. The molecule has 1 amide bonds. The number of rotatable bonds is 3. The van der Waals surface area contributed by atoms with E-state index in [9.17, 15) is 9.59 Å². The number of pyridine rings is 1. The summed E-state index contributed by atoms with van der Waals surface area (Å²) in [6.45, 7) is 5.01. The third kappa shape index (κ3) is 4.13. The summed E-state index contributed by atoms with van der Waals surface area (Å²) in [5.41, 5.74) is 0.0331. The molecule has 0 saturated carbocycles. The fourth-order valence-electron chi connectivity index (χ4n) is 3.21. The molecule has 1 aromatic heterocycles. The van der Waals surface area contributed by atoms with E-state index in [4.69, 9.17) is 16.3 Å². The van der Waals surface area contributed by atoms with Crippen LogP contribution in [0.25, 0.3) is 0 Å². The van der Waals surface area contributed by atoms with Gasteiger partial charge in [-0.3, -0.25) is 9.59 Å². The standard InChI is InChI=1S/C16H22ClN3O3/c17-14-8-12(9-18-15(14)21)16(22)20-6-3-7-23-13(11-20)10-19-4-1-2-5-19/h8-9,13H,1-7,10-11H2,(H,18,21). The molecule has 3 heterocycles. The fourth-order valence-corrected chi connectivity index (χ4v) is 3.38. The van der Waals surface area contributed by atoms with Crippen LogP contribution in [-0.2, 0) is 4.74 Å². The van der Waals surface area contributed by atoms with Gasteiger partial charge in [0.25, 0.3) is 11.5 Å². The molecule has 126 valence electrons. The van der Waals surface area contributed by atoms with Gasteiger partial charge in [-0.2, -0.15) is 0 Å². The molecule has 3 rings (SSSR count). The second-order valence-electron chi connectivity index (χ2n) is 6.17. The molecule has 0 aromatic carbocycles. The van der Waals surface area contributed by atoms with Crippen LogP contribution in [0, 0.1) is 0 Å². The fraction of sp³-hybridized carbons (Fsp3) is 0.625. The summed E-state index contributed by atoms with van der Waals surface area (Å²) >= 11 is 5.83. The molecule has 6 nitrogen and oxygen atoms in total. The van der Waals surface area contributed by atoms with E-state index >= 15 is 0 Å². The van der Waals surface area contributed by atoms with Gasteiger partial charge in [-0.15, -0.1) is 0 Å². The molecule has 0 spiro atoms. The molecule has 0 bridgehead atoms. The van der Waals surface area contributed by atoms with E-state index in [1.807, 2.05) is 0 Å². The third-order valence-electron chi connectivity index (χ3n) is 4.40. The lowest BCUT2D eigenvalue weighted by Crippen LogP contribution is -2.42. The zero-order valence-electron chi connectivity index (χ0n) is 13.1. The Labute approximate surface area is 140 Å². The van der Waals surface area contributed by atoms with Gasteiger partial charge in [-0.05, 0) is 38.4 Å². The lowest BCUT2D eigenvalue weighted by molar-refractivity contribution is 0.0297. The summed E-state index contributed by atoms with van der Waals surface area (Å²) in [7, 11) is 0. The van der Waals surface area contributed by atoms with E-state index in [0.29, 0.717) is 25.3 Å². The Hall–Kier alpha value is -1.37. The number of carbonyl (C=O) groups excluding carboxylic acids is 1. The Morgan fingerprint density at radius 2 is 2.09 bits per heavy atom. The summed E-state index contributed by atoms with van der Waals surface area (Å²) in [6.07, 6.45) is 4.77. The minimum absolute atomic E-state index is 0.0375. The van der Waals surface area contributed by atoms with Crippen LogP contribution in [0.4, 0.5) is 0 Å². The quantitative estimate of drug-likeness (QED) is 0.903. The molecule has 2 aliphatic rings. The Kier molecular flexibility index (Phi) is 5.35. The SMILES string of the molecule is O=C(c1c[nH]c(=O)c(Cl)c1)N1CCCOC(CN2CCCC2)C1. The maximum absolute atomic E-state index is 12.7. The maximum Gasteiger partial charge on any atom is 0.266 e. The Balaban J connectivity index is 1.68. The van der Waals surface area contributed by atoms with Gasteiger partial charge in [0.2, 0.25) is 0 Å². The molecule has 23 heavy (non-hydrogen) atoms. The normalized spacial score (nSPS) is 23.0.